The standard InChI is InChI=1S/C9H10O4.C4H8O2/c1-9(8(12)13)4-2-3-6(5-9)7(10)11;1-3(2)4(5)6/h2-4H,5H2,1H3,(H,10,11)(H,12,13);3H,1-2H3,(H,5,6). The van der Waals surface area contributed by atoms with Crippen molar-refractivity contribution in [3.63, 3.8) is 0 Å². The van der Waals surface area contributed by atoms with Gasteiger partial charge in [0.2, 0.25) is 0 Å². The smallest absolute Gasteiger partial charge is 0.331 e. The maximum Gasteiger partial charge on any atom is 0.331 e. The summed E-state index contributed by atoms with van der Waals surface area (Å²) in [7, 11) is 0. The SMILES string of the molecule is CC(C)C(=O)O.CC1(C(=O)O)C=CC=C(C(=O)O)C1. The van der Waals surface area contributed by atoms with E-state index in [-0.39, 0.29) is 17.9 Å². The fourth-order valence-electron chi connectivity index (χ4n) is 1.18. The normalized spacial score (nSPS) is 21.2. The van der Waals surface area contributed by atoms with E-state index in [9.17, 15) is 14.4 Å². The van der Waals surface area contributed by atoms with E-state index in [4.69, 9.17) is 15.3 Å². The van der Waals surface area contributed by atoms with E-state index in [1.165, 1.54) is 25.2 Å². The maximum absolute atomic E-state index is 10.8. The molecule has 0 aromatic rings. The fraction of sp³-hybridized carbons (Fsp3) is 0.462. The molecule has 0 heterocycles. The molecule has 0 amide bonds. The quantitative estimate of drug-likeness (QED) is 0.720. The zero-order valence-corrected chi connectivity index (χ0v) is 11.1. The molecular weight excluding hydrogens is 252 g/mol. The second kappa shape index (κ2) is 6.72. The van der Waals surface area contributed by atoms with Crippen LogP contribution in [0.5, 0.6) is 0 Å². The number of aliphatic carboxylic acids is 3. The third-order valence-electron chi connectivity index (χ3n) is 2.58. The summed E-state index contributed by atoms with van der Waals surface area (Å²) in [5.41, 5.74) is -0.949. The molecule has 0 spiro atoms. The fourth-order valence-corrected chi connectivity index (χ4v) is 1.18. The largest absolute Gasteiger partial charge is 0.481 e. The van der Waals surface area contributed by atoms with E-state index >= 15 is 0 Å². The van der Waals surface area contributed by atoms with Gasteiger partial charge in [-0.1, -0.05) is 32.1 Å². The summed E-state index contributed by atoms with van der Waals surface area (Å²) < 4.78 is 0. The molecule has 1 aliphatic carbocycles. The minimum Gasteiger partial charge on any atom is -0.481 e. The molecular formula is C13H18O6. The van der Waals surface area contributed by atoms with Gasteiger partial charge in [-0.2, -0.15) is 0 Å². The molecule has 0 saturated heterocycles. The average Bonchev–Trinajstić information content (AvgIpc) is 2.29. The van der Waals surface area contributed by atoms with Gasteiger partial charge in [0.05, 0.1) is 11.3 Å². The molecule has 0 aromatic heterocycles. The van der Waals surface area contributed by atoms with Crippen LogP contribution in [0.3, 0.4) is 0 Å². The Balaban J connectivity index is 0.000000459. The van der Waals surface area contributed by atoms with Gasteiger partial charge in [-0.25, -0.2) is 4.79 Å². The van der Waals surface area contributed by atoms with E-state index in [1.807, 2.05) is 0 Å². The molecule has 1 aliphatic rings. The number of rotatable bonds is 3. The van der Waals surface area contributed by atoms with E-state index in [2.05, 4.69) is 0 Å². The Bertz CT molecular complexity index is 432. The van der Waals surface area contributed by atoms with Crippen LogP contribution in [0.2, 0.25) is 0 Å². The lowest BCUT2D eigenvalue weighted by molar-refractivity contribution is -0.145. The van der Waals surface area contributed by atoms with Crippen LogP contribution >= 0.6 is 0 Å². The van der Waals surface area contributed by atoms with Gasteiger partial charge in [-0.3, -0.25) is 9.59 Å². The van der Waals surface area contributed by atoms with E-state index in [0.717, 1.165) is 0 Å². The van der Waals surface area contributed by atoms with Crippen molar-refractivity contribution in [2.45, 2.75) is 27.2 Å². The first-order valence-corrected chi connectivity index (χ1v) is 5.68. The number of hydrogen-bond acceptors (Lipinski definition) is 3. The lowest BCUT2D eigenvalue weighted by atomic mass is 9.80. The van der Waals surface area contributed by atoms with Crippen LogP contribution in [0.25, 0.3) is 0 Å². The molecule has 0 aliphatic heterocycles. The summed E-state index contributed by atoms with van der Waals surface area (Å²) in [5.74, 6) is -3.03. The minimum absolute atomic E-state index is 0.0359. The Morgan fingerprint density at radius 2 is 1.68 bits per heavy atom. The Morgan fingerprint density at radius 3 is 2.00 bits per heavy atom. The van der Waals surface area contributed by atoms with Gasteiger partial charge in [0, 0.05) is 5.57 Å². The molecule has 106 valence electrons. The van der Waals surface area contributed by atoms with Gasteiger partial charge >= 0.3 is 17.9 Å². The van der Waals surface area contributed by atoms with Crippen LogP contribution < -0.4 is 0 Å². The zero-order valence-electron chi connectivity index (χ0n) is 11.1. The first kappa shape index (κ1) is 16.9. The Labute approximate surface area is 111 Å². The molecule has 0 bridgehead atoms. The predicted octanol–water partition coefficient (Wildman–Crippen LogP) is 1.78. The third kappa shape index (κ3) is 5.37. The second-order valence-corrected chi connectivity index (χ2v) is 4.75. The van der Waals surface area contributed by atoms with Crippen LogP contribution in [-0.2, 0) is 14.4 Å². The van der Waals surface area contributed by atoms with E-state index in [0.29, 0.717) is 0 Å². The molecule has 0 aromatic carbocycles. The third-order valence-corrected chi connectivity index (χ3v) is 2.58. The summed E-state index contributed by atoms with van der Waals surface area (Å²) in [6.07, 6.45) is 4.43. The summed E-state index contributed by atoms with van der Waals surface area (Å²) in [6.45, 7) is 4.78. The molecule has 1 atom stereocenters. The first-order chi connectivity index (χ1) is 8.60. The number of hydrogen-bond donors (Lipinski definition) is 3. The lowest BCUT2D eigenvalue weighted by Crippen LogP contribution is -2.28. The Hall–Kier alpha value is -2.11. The lowest BCUT2D eigenvalue weighted by Gasteiger charge is -2.23. The van der Waals surface area contributed by atoms with E-state index in [1.54, 1.807) is 13.8 Å². The Morgan fingerprint density at radius 1 is 1.21 bits per heavy atom. The number of carboxylic acids is 3. The topological polar surface area (TPSA) is 112 Å². The van der Waals surface area contributed by atoms with Gasteiger partial charge in [0.25, 0.3) is 0 Å². The van der Waals surface area contributed by atoms with Crippen LogP contribution in [0.1, 0.15) is 27.2 Å². The highest BCUT2D eigenvalue weighted by atomic mass is 16.4. The summed E-state index contributed by atoms with van der Waals surface area (Å²) >= 11 is 0. The van der Waals surface area contributed by atoms with Gasteiger partial charge in [0.1, 0.15) is 0 Å². The van der Waals surface area contributed by atoms with Crippen molar-refractivity contribution in [1.29, 1.82) is 0 Å². The van der Waals surface area contributed by atoms with Crippen molar-refractivity contribution in [3.8, 4) is 0 Å². The predicted molar refractivity (Wildman–Crippen MR) is 67.7 cm³/mol. The number of carboxylic acid groups (broad SMARTS) is 3. The van der Waals surface area contributed by atoms with Gasteiger partial charge in [-0.05, 0) is 13.3 Å². The van der Waals surface area contributed by atoms with E-state index < -0.39 is 23.3 Å². The molecule has 6 nitrogen and oxygen atoms in total. The molecule has 1 unspecified atom stereocenters. The second-order valence-electron chi connectivity index (χ2n) is 4.75. The molecule has 3 N–H and O–H groups in total. The van der Waals surface area contributed by atoms with Crippen LogP contribution in [0, 0.1) is 11.3 Å². The molecule has 1 rings (SSSR count). The summed E-state index contributed by atoms with van der Waals surface area (Å²) in [5, 5.41) is 25.5. The zero-order chi connectivity index (χ0) is 15.2. The maximum atomic E-state index is 10.8. The summed E-state index contributed by atoms with van der Waals surface area (Å²) in [4.78, 5) is 31.0. The summed E-state index contributed by atoms with van der Waals surface area (Å²) in [6, 6.07) is 0. The van der Waals surface area contributed by atoms with Crippen molar-refractivity contribution >= 4 is 17.9 Å². The monoisotopic (exact) mass is 270 g/mol. The molecule has 6 heteroatoms. The molecule has 0 saturated carbocycles. The van der Waals surface area contributed by atoms with Gasteiger partial charge in [-0.15, -0.1) is 0 Å². The highest BCUT2D eigenvalue weighted by Gasteiger charge is 2.34. The molecule has 19 heavy (non-hydrogen) atoms. The molecule has 0 fully saturated rings. The van der Waals surface area contributed by atoms with Crippen molar-refractivity contribution in [2.24, 2.45) is 11.3 Å². The first-order valence-electron chi connectivity index (χ1n) is 5.68. The minimum atomic E-state index is -1.08. The average molecular weight is 270 g/mol. The van der Waals surface area contributed by atoms with Gasteiger partial charge in [0.15, 0.2) is 0 Å². The van der Waals surface area contributed by atoms with Crippen LogP contribution in [0.4, 0.5) is 0 Å². The van der Waals surface area contributed by atoms with Crippen molar-refractivity contribution in [3.05, 3.63) is 23.8 Å². The van der Waals surface area contributed by atoms with Crippen molar-refractivity contribution in [1.82, 2.24) is 0 Å². The van der Waals surface area contributed by atoms with Gasteiger partial charge < -0.3 is 15.3 Å². The highest BCUT2D eigenvalue weighted by Crippen LogP contribution is 2.31. The molecule has 0 radical (unpaired) electrons. The van der Waals surface area contributed by atoms with Crippen molar-refractivity contribution in [2.75, 3.05) is 0 Å². The highest BCUT2D eigenvalue weighted by molar-refractivity contribution is 5.90. The van der Waals surface area contributed by atoms with Crippen molar-refractivity contribution < 1.29 is 29.7 Å². The Kier molecular flexibility index (Phi) is 5.98. The number of carbonyl (C=O) groups is 3. The van der Waals surface area contributed by atoms with Crippen LogP contribution in [0.15, 0.2) is 23.8 Å². The number of allylic oxidation sites excluding steroid dienone is 2. The van der Waals surface area contributed by atoms with Crippen LogP contribution in [-0.4, -0.2) is 33.2 Å².